The van der Waals surface area contributed by atoms with Gasteiger partial charge in [-0.2, -0.15) is 21.6 Å². The maximum atomic E-state index is 12.6. The van der Waals surface area contributed by atoms with E-state index in [0.29, 0.717) is 5.56 Å². The summed E-state index contributed by atoms with van der Waals surface area (Å²) < 4.78 is 69.4. The van der Waals surface area contributed by atoms with E-state index in [2.05, 4.69) is 9.17 Å². The minimum atomic E-state index is -5.94. The summed E-state index contributed by atoms with van der Waals surface area (Å²) in [5.74, 6) is -1.70. The normalized spacial score (nSPS) is 12.0. The van der Waals surface area contributed by atoms with Gasteiger partial charge < -0.3 is 8.92 Å². The molecule has 2 heterocycles. The van der Waals surface area contributed by atoms with Crippen LogP contribution in [-0.4, -0.2) is 31.5 Å². The lowest BCUT2D eigenvalue weighted by Gasteiger charge is -2.12. The summed E-state index contributed by atoms with van der Waals surface area (Å²) in [6.45, 7) is 1.47. The molecule has 0 saturated carbocycles. The molecule has 2 aromatic rings. The lowest BCUT2D eigenvalue weighted by atomic mass is 10.1. The maximum Gasteiger partial charge on any atom is 0.534 e. The average Bonchev–Trinajstić information content (AvgIpc) is 2.90. The summed E-state index contributed by atoms with van der Waals surface area (Å²) in [4.78, 5) is 15.2. The molecule has 130 valence electrons. The van der Waals surface area contributed by atoms with Crippen molar-refractivity contribution in [1.29, 1.82) is 0 Å². The molecule has 0 bridgehead atoms. The summed E-state index contributed by atoms with van der Waals surface area (Å²) in [6.07, 6.45) is 2.72. The highest BCUT2D eigenvalue weighted by Gasteiger charge is 2.49. The Hall–Kier alpha value is -2.14. The predicted octanol–water partition coefficient (Wildman–Crippen LogP) is 3.22. The molecular weight excluding hydrogens is 371 g/mol. The quantitative estimate of drug-likeness (QED) is 0.449. The van der Waals surface area contributed by atoms with Crippen LogP contribution in [0.3, 0.4) is 0 Å². The Kier molecular flexibility index (Phi) is 5.13. The van der Waals surface area contributed by atoms with Crippen molar-refractivity contribution in [3.8, 4) is 16.9 Å². The maximum absolute atomic E-state index is 12.6. The zero-order chi connectivity index (χ0) is 18.0. The molecule has 0 aliphatic heterocycles. The van der Waals surface area contributed by atoms with Crippen LogP contribution in [-0.2, 0) is 14.9 Å². The van der Waals surface area contributed by atoms with Crippen molar-refractivity contribution in [3.05, 3.63) is 34.8 Å². The van der Waals surface area contributed by atoms with Crippen LogP contribution in [0.25, 0.3) is 11.1 Å². The second kappa shape index (κ2) is 6.77. The molecule has 2 aromatic heterocycles. The van der Waals surface area contributed by atoms with Gasteiger partial charge in [-0.05, 0) is 24.6 Å². The van der Waals surface area contributed by atoms with E-state index in [9.17, 15) is 26.4 Å². The fourth-order valence-corrected chi connectivity index (χ4v) is 3.09. The Labute approximate surface area is 139 Å². The Bertz CT molecular complexity index is 831. The van der Waals surface area contributed by atoms with E-state index < -0.39 is 27.3 Å². The van der Waals surface area contributed by atoms with Gasteiger partial charge in [-0.1, -0.05) is 0 Å². The minimum Gasteiger partial charge on any atom is -0.462 e. The molecule has 0 atom stereocenters. The third-order valence-corrected chi connectivity index (χ3v) is 4.57. The molecule has 0 fully saturated rings. The van der Waals surface area contributed by atoms with Crippen molar-refractivity contribution >= 4 is 27.4 Å². The number of halogens is 3. The number of rotatable bonds is 5. The number of carbonyl (C=O) groups excluding carboxylic acids is 1. The largest absolute Gasteiger partial charge is 0.534 e. The van der Waals surface area contributed by atoms with E-state index in [-0.39, 0.29) is 17.0 Å². The van der Waals surface area contributed by atoms with Crippen LogP contribution in [0.4, 0.5) is 13.2 Å². The van der Waals surface area contributed by atoms with Crippen molar-refractivity contribution in [1.82, 2.24) is 4.98 Å². The molecule has 6 nitrogen and oxygen atoms in total. The van der Waals surface area contributed by atoms with Gasteiger partial charge in [-0.25, -0.2) is 4.79 Å². The average molecular weight is 381 g/mol. The molecule has 0 N–H and O–H groups in total. The van der Waals surface area contributed by atoms with Crippen molar-refractivity contribution in [3.63, 3.8) is 0 Å². The fraction of sp³-hybridized carbons (Fsp3) is 0.231. The number of alkyl halides is 3. The highest BCUT2D eigenvalue weighted by atomic mass is 32.2. The van der Waals surface area contributed by atoms with E-state index in [1.807, 2.05) is 0 Å². The number of hydrogen-bond acceptors (Lipinski definition) is 7. The first kappa shape index (κ1) is 18.2. The molecule has 0 radical (unpaired) electrons. The summed E-state index contributed by atoms with van der Waals surface area (Å²) in [6, 6.07) is 2.87. The van der Waals surface area contributed by atoms with Crippen LogP contribution in [0.2, 0.25) is 0 Å². The highest BCUT2D eigenvalue weighted by Crippen LogP contribution is 2.41. The van der Waals surface area contributed by atoms with Gasteiger partial charge in [0.1, 0.15) is 0 Å². The number of pyridine rings is 1. The van der Waals surface area contributed by atoms with Crippen LogP contribution in [0.5, 0.6) is 5.75 Å². The molecule has 0 aliphatic carbocycles. The van der Waals surface area contributed by atoms with E-state index in [1.54, 1.807) is 0 Å². The predicted molar refractivity (Wildman–Crippen MR) is 79.1 cm³/mol. The van der Waals surface area contributed by atoms with Crippen LogP contribution < -0.4 is 4.18 Å². The van der Waals surface area contributed by atoms with Crippen LogP contribution in [0.15, 0.2) is 29.9 Å². The van der Waals surface area contributed by atoms with E-state index in [0.717, 1.165) is 11.3 Å². The Balaban J connectivity index is 2.57. The molecule has 0 aliphatic rings. The first-order chi connectivity index (χ1) is 11.2. The Morgan fingerprint density at radius 1 is 1.29 bits per heavy atom. The molecule has 0 spiro atoms. The van der Waals surface area contributed by atoms with E-state index >= 15 is 0 Å². The number of nitrogens with zero attached hydrogens (tertiary/aromatic N) is 1. The molecule has 0 unspecified atom stereocenters. The van der Waals surface area contributed by atoms with Crippen molar-refractivity contribution in [2.45, 2.75) is 12.4 Å². The topological polar surface area (TPSA) is 82.6 Å². The smallest absolute Gasteiger partial charge is 0.462 e. The van der Waals surface area contributed by atoms with Gasteiger partial charge in [0.2, 0.25) is 0 Å². The van der Waals surface area contributed by atoms with Crippen molar-refractivity contribution < 1.29 is 35.3 Å². The number of thiophene rings is 1. The van der Waals surface area contributed by atoms with Gasteiger partial charge in [-0.3, -0.25) is 4.98 Å². The molecular formula is C13H10F3NO5S2. The number of aromatic nitrogens is 1. The summed E-state index contributed by atoms with van der Waals surface area (Å²) in [5.41, 5.74) is -5.28. The van der Waals surface area contributed by atoms with Crippen LogP contribution in [0, 0.1) is 0 Å². The van der Waals surface area contributed by atoms with Gasteiger partial charge in [-0.15, -0.1) is 11.3 Å². The number of hydrogen-bond donors (Lipinski definition) is 0. The summed E-state index contributed by atoms with van der Waals surface area (Å²) >= 11 is 0.719. The monoisotopic (exact) mass is 381 g/mol. The van der Waals surface area contributed by atoms with E-state index in [4.69, 9.17) is 4.74 Å². The minimum absolute atomic E-state index is 0.0123. The second-order valence-electron chi connectivity index (χ2n) is 4.25. The molecule has 0 amide bonds. The summed E-state index contributed by atoms with van der Waals surface area (Å²) in [7, 11) is -5.94. The lowest BCUT2D eigenvalue weighted by Crippen LogP contribution is -2.28. The first-order valence-corrected chi connectivity index (χ1v) is 8.66. The van der Waals surface area contributed by atoms with Gasteiger partial charge in [0.05, 0.1) is 6.61 Å². The van der Waals surface area contributed by atoms with Gasteiger partial charge in [0, 0.05) is 23.3 Å². The fourth-order valence-electron chi connectivity index (χ4n) is 1.65. The highest BCUT2D eigenvalue weighted by molar-refractivity contribution is 7.88. The zero-order valence-electron chi connectivity index (χ0n) is 12.0. The number of ether oxygens (including phenoxy) is 1. The van der Waals surface area contributed by atoms with Crippen LogP contribution >= 0.6 is 11.3 Å². The molecule has 24 heavy (non-hydrogen) atoms. The summed E-state index contributed by atoms with van der Waals surface area (Å²) in [5, 5.41) is 1.31. The SMILES string of the molecule is CCOC(=O)c1scc(-c2ccncc2)c1OS(=O)(=O)C(F)(F)F. The van der Waals surface area contributed by atoms with Gasteiger partial charge >= 0.3 is 21.6 Å². The third-order valence-electron chi connectivity index (χ3n) is 2.67. The molecule has 0 saturated heterocycles. The molecule has 0 aromatic carbocycles. The second-order valence-corrected chi connectivity index (χ2v) is 6.66. The van der Waals surface area contributed by atoms with E-state index in [1.165, 1.54) is 36.8 Å². The van der Waals surface area contributed by atoms with Gasteiger partial charge in [0.15, 0.2) is 10.6 Å². The molecule has 2 rings (SSSR count). The van der Waals surface area contributed by atoms with Gasteiger partial charge in [0.25, 0.3) is 0 Å². The number of carbonyl (C=O) groups is 1. The Morgan fingerprint density at radius 3 is 2.46 bits per heavy atom. The molecule has 11 heteroatoms. The van der Waals surface area contributed by atoms with Crippen molar-refractivity contribution in [2.24, 2.45) is 0 Å². The zero-order valence-corrected chi connectivity index (χ0v) is 13.7. The van der Waals surface area contributed by atoms with Crippen molar-refractivity contribution in [2.75, 3.05) is 6.61 Å². The third kappa shape index (κ3) is 3.67. The Morgan fingerprint density at radius 2 is 1.92 bits per heavy atom. The standard InChI is InChI=1S/C13H10F3NO5S2/c1-2-21-12(18)11-10(22-24(19,20)13(14,15)16)9(7-23-11)8-3-5-17-6-4-8/h3-7H,2H2,1H3. The van der Waals surface area contributed by atoms with Crippen LogP contribution in [0.1, 0.15) is 16.6 Å². The lowest BCUT2D eigenvalue weighted by molar-refractivity contribution is -0.0500. The first-order valence-electron chi connectivity index (χ1n) is 6.37. The number of esters is 1.